The third-order valence-corrected chi connectivity index (χ3v) is 4.09. The van der Waals surface area contributed by atoms with E-state index < -0.39 is 5.60 Å². The molecule has 0 saturated heterocycles. The van der Waals surface area contributed by atoms with E-state index in [2.05, 4.69) is 0 Å². The summed E-state index contributed by atoms with van der Waals surface area (Å²) < 4.78 is 5.87. The van der Waals surface area contributed by atoms with Gasteiger partial charge in [0.25, 0.3) is 0 Å². The Morgan fingerprint density at radius 1 is 1.19 bits per heavy atom. The first-order valence-electron chi connectivity index (χ1n) is 7.21. The lowest BCUT2D eigenvalue weighted by Crippen LogP contribution is -2.39. The van der Waals surface area contributed by atoms with E-state index >= 15 is 0 Å². The number of ketones is 2. The Labute approximate surface area is 123 Å². The van der Waals surface area contributed by atoms with Gasteiger partial charge in [0, 0.05) is 5.92 Å². The number of carbonyl (C=O) groups is 2. The molecule has 21 heavy (non-hydrogen) atoms. The Morgan fingerprint density at radius 2 is 1.90 bits per heavy atom. The quantitative estimate of drug-likeness (QED) is 0.860. The summed E-state index contributed by atoms with van der Waals surface area (Å²) in [5.41, 5.74) is -0.472. The number of benzene rings is 2. The maximum absolute atomic E-state index is 12.8. The summed E-state index contributed by atoms with van der Waals surface area (Å²) in [5, 5.41) is 1.90. The second-order valence-corrected chi connectivity index (χ2v) is 6.12. The molecule has 2 aromatic carbocycles. The van der Waals surface area contributed by atoms with Crippen molar-refractivity contribution in [2.45, 2.75) is 32.8 Å². The molecule has 3 heteroatoms. The molecule has 1 heterocycles. The predicted octanol–water partition coefficient (Wildman–Crippen LogP) is 3.79. The van der Waals surface area contributed by atoms with Gasteiger partial charge in [0.05, 0.1) is 12.0 Å². The standard InChI is InChI=1S/C18H18O3/c1-11(2)14(19)10-18(3)17(20)16-13-7-5-4-6-12(13)8-9-15(16)21-18/h4-9,11H,10H2,1-3H3. The van der Waals surface area contributed by atoms with Crippen LogP contribution < -0.4 is 4.74 Å². The third-order valence-electron chi connectivity index (χ3n) is 4.09. The van der Waals surface area contributed by atoms with E-state index in [9.17, 15) is 9.59 Å². The van der Waals surface area contributed by atoms with Gasteiger partial charge in [-0.1, -0.05) is 44.2 Å². The molecule has 2 aromatic rings. The lowest BCUT2D eigenvalue weighted by atomic mass is 9.87. The van der Waals surface area contributed by atoms with Gasteiger partial charge in [-0.2, -0.15) is 0 Å². The van der Waals surface area contributed by atoms with Crippen LogP contribution in [0.4, 0.5) is 0 Å². The number of ether oxygens (including phenoxy) is 1. The maximum Gasteiger partial charge on any atom is 0.210 e. The van der Waals surface area contributed by atoms with E-state index in [-0.39, 0.29) is 23.9 Å². The zero-order valence-corrected chi connectivity index (χ0v) is 12.5. The fourth-order valence-corrected chi connectivity index (χ4v) is 2.78. The van der Waals surface area contributed by atoms with Crippen molar-refractivity contribution >= 4 is 22.3 Å². The summed E-state index contributed by atoms with van der Waals surface area (Å²) in [7, 11) is 0. The molecule has 0 aliphatic carbocycles. The number of Topliss-reactive ketones (excluding diaryl/α,β-unsaturated/α-hetero) is 2. The zero-order chi connectivity index (χ0) is 15.2. The minimum absolute atomic E-state index is 0.0444. The Balaban J connectivity index is 2.06. The van der Waals surface area contributed by atoms with Gasteiger partial charge in [0.15, 0.2) is 5.60 Å². The van der Waals surface area contributed by atoms with Crippen LogP contribution in [0.2, 0.25) is 0 Å². The number of hydrogen-bond donors (Lipinski definition) is 0. The number of carbonyl (C=O) groups excluding carboxylic acids is 2. The number of hydrogen-bond acceptors (Lipinski definition) is 3. The highest BCUT2D eigenvalue weighted by Gasteiger charge is 2.46. The van der Waals surface area contributed by atoms with Crippen molar-refractivity contribution in [2.24, 2.45) is 5.92 Å². The van der Waals surface area contributed by atoms with E-state index in [0.29, 0.717) is 11.3 Å². The van der Waals surface area contributed by atoms with Crippen LogP contribution >= 0.6 is 0 Å². The van der Waals surface area contributed by atoms with E-state index in [0.717, 1.165) is 10.8 Å². The highest BCUT2D eigenvalue weighted by atomic mass is 16.5. The van der Waals surface area contributed by atoms with Crippen molar-refractivity contribution in [1.82, 2.24) is 0 Å². The summed E-state index contributed by atoms with van der Waals surface area (Å²) >= 11 is 0. The Kier molecular flexibility index (Phi) is 3.08. The topological polar surface area (TPSA) is 43.4 Å². The molecule has 1 aliphatic rings. The molecule has 0 aromatic heterocycles. The summed E-state index contributed by atoms with van der Waals surface area (Å²) in [4.78, 5) is 24.8. The lowest BCUT2D eigenvalue weighted by Gasteiger charge is -2.22. The van der Waals surface area contributed by atoms with Crippen LogP contribution in [-0.2, 0) is 4.79 Å². The van der Waals surface area contributed by atoms with Crippen molar-refractivity contribution in [1.29, 1.82) is 0 Å². The average Bonchev–Trinajstić information content (AvgIpc) is 2.70. The van der Waals surface area contributed by atoms with Crippen LogP contribution in [0.15, 0.2) is 36.4 Å². The molecule has 0 saturated carbocycles. The monoisotopic (exact) mass is 282 g/mol. The van der Waals surface area contributed by atoms with Gasteiger partial charge in [-0.05, 0) is 23.8 Å². The van der Waals surface area contributed by atoms with Crippen LogP contribution in [0, 0.1) is 5.92 Å². The summed E-state index contributed by atoms with van der Waals surface area (Å²) in [6, 6.07) is 11.5. The van der Waals surface area contributed by atoms with Gasteiger partial charge in [0.2, 0.25) is 5.78 Å². The predicted molar refractivity (Wildman–Crippen MR) is 81.8 cm³/mol. The SMILES string of the molecule is CC(C)C(=O)CC1(C)Oc2ccc3ccccc3c2C1=O. The molecular weight excluding hydrogens is 264 g/mol. The number of rotatable bonds is 3. The van der Waals surface area contributed by atoms with Crippen molar-refractivity contribution in [2.75, 3.05) is 0 Å². The van der Waals surface area contributed by atoms with Gasteiger partial charge in [-0.25, -0.2) is 0 Å². The molecule has 0 amide bonds. The fraction of sp³-hybridized carbons (Fsp3) is 0.333. The van der Waals surface area contributed by atoms with Crippen molar-refractivity contribution in [3.8, 4) is 5.75 Å². The Bertz CT molecular complexity index is 745. The molecule has 1 unspecified atom stereocenters. The summed E-state index contributed by atoms with van der Waals surface area (Å²) in [6.07, 6.45) is 0.118. The van der Waals surface area contributed by atoms with Crippen LogP contribution in [0.1, 0.15) is 37.6 Å². The summed E-state index contributed by atoms with van der Waals surface area (Å²) in [5.74, 6) is 0.433. The average molecular weight is 282 g/mol. The lowest BCUT2D eigenvalue weighted by molar-refractivity contribution is -0.124. The van der Waals surface area contributed by atoms with Crippen molar-refractivity contribution < 1.29 is 14.3 Å². The molecule has 0 fully saturated rings. The van der Waals surface area contributed by atoms with Gasteiger partial charge in [-0.3, -0.25) is 9.59 Å². The molecule has 0 bridgehead atoms. The van der Waals surface area contributed by atoms with Crippen molar-refractivity contribution in [3.05, 3.63) is 42.0 Å². The molecule has 0 spiro atoms. The first-order valence-corrected chi connectivity index (χ1v) is 7.21. The van der Waals surface area contributed by atoms with Gasteiger partial charge in [-0.15, -0.1) is 0 Å². The van der Waals surface area contributed by atoms with Crippen LogP contribution in [0.5, 0.6) is 5.75 Å². The molecule has 3 rings (SSSR count). The zero-order valence-electron chi connectivity index (χ0n) is 12.5. The fourth-order valence-electron chi connectivity index (χ4n) is 2.78. The first-order chi connectivity index (χ1) is 9.92. The molecule has 0 radical (unpaired) electrons. The number of fused-ring (bicyclic) bond motifs is 3. The summed E-state index contributed by atoms with van der Waals surface area (Å²) in [6.45, 7) is 5.39. The molecule has 0 N–H and O–H groups in total. The minimum atomic E-state index is -1.08. The second-order valence-electron chi connectivity index (χ2n) is 6.12. The van der Waals surface area contributed by atoms with Crippen LogP contribution in [-0.4, -0.2) is 17.2 Å². The van der Waals surface area contributed by atoms with Crippen LogP contribution in [0.25, 0.3) is 10.8 Å². The molecule has 1 aliphatic heterocycles. The third kappa shape index (κ3) is 2.13. The normalized spacial score (nSPS) is 20.7. The smallest absolute Gasteiger partial charge is 0.210 e. The first kappa shape index (κ1) is 13.8. The van der Waals surface area contributed by atoms with Gasteiger partial charge >= 0.3 is 0 Å². The second kappa shape index (κ2) is 4.69. The highest BCUT2D eigenvalue weighted by Crippen LogP contribution is 2.41. The van der Waals surface area contributed by atoms with Crippen molar-refractivity contribution in [3.63, 3.8) is 0 Å². The Morgan fingerprint density at radius 3 is 2.62 bits per heavy atom. The largest absolute Gasteiger partial charge is 0.478 e. The molecular formula is C18H18O3. The van der Waals surface area contributed by atoms with E-state index in [1.54, 1.807) is 6.92 Å². The van der Waals surface area contributed by atoms with E-state index in [4.69, 9.17) is 4.74 Å². The minimum Gasteiger partial charge on any atom is -0.478 e. The van der Waals surface area contributed by atoms with Crippen LogP contribution in [0.3, 0.4) is 0 Å². The van der Waals surface area contributed by atoms with E-state index in [1.165, 1.54) is 0 Å². The Hall–Kier alpha value is -2.16. The van der Waals surface area contributed by atoms with Gasteiger partial charge in [0.1, 0.15) is 11.5 Å². The van der Waals surface area contributed by atoms with Gasteiger partial charge < -0.3 is 4.74 Å². The molecule has 108 valence electrons. The maximum atomic E-state index is 12.8. The van der Waals surface area contributed by atoms with E-state index in [1.807, 2.05) is 50.2 Å². The highest BCUT2D eigenvalue weighted by molar-refractivity contribution is 6.17. The molecule has 1 atom stereocenters. The molecule has 3 nitrogen and oxygen atoms in total.